The maximum absolute atomic E-state index is 11.2. The first-order valence-corrected chi connectivity index (χ1v) is 10.8. The number of rotatable bonds is 7. The Hall–Kier alpha value is -3.91. The summed E-state index contributed by atoms with van der Waals surface area (Å²) in [6.45, 7) is 6.30. The number of unbranched alkanes of at least 4 members (excludes halogenated alkanes) is 2. The van der Waals surface area contributed by atoms with E-state index in [4.69, 9.17) is 9.47 Å². The van der Waals surface area contributed by atoms with Crippen LogP contribution in [0.1, 0.15) is 48.6 Å². The van der Waals surface area contributed by atoms with E-state index in [1.165, 1.54) is 35.1 Å². The largest absolute Gasteiger partial charge is 0.494 e. The molecule has 0 saturated heterocycles. The Bertz CT molecular complexity index is 1200. The third-order valence-electron chi connectivity index (χ3n) is 5.22. The molecule has 4 rings (SSSR count). The minimum atomic E-state index is -0.576. The van der Waals surface area contributed by atoms with E-state index in [2.05, 4.69) is 65.9 Å². The van der Waals surface area contributed by atoms with E-state index in [0.29, 0.717) is 5.69 Å². The molecule has 5 nitrogen and oxygen atoms in total. The fourth-order valence-corrected chi connectivity index (χ4v) is 3.62. The second-order valence-corrected chi connectivity index (χ2v) is 7.56. The Morgan fingerprint density at radius 2 is 1.84 bits per heavy atom. The quantitative estimate of drug-likeness (QED) is 0.179. The topological polar surface area (TPSA) is 61.3 Å². The standard InChI is InChI=1S/C27H24N2O3/c1-3-5-6-15-31-23-11-13-25-21(18-23)17-20-16-19(8-12-24(20)25)7-9-22-10-14-26(29-28-22)32-27(30)4-2/h4,8,10-14,16,18H,2-3,5-6,15,17H2,1H3. The van der Waals surface area contributed by atoms with Gasteiger partial charge < -0.3 is 9.47 Å². The van der Waals surface area contributed by atoms with Crippen molar-refractivity contribution in [2.45, 2.75) is 32.6 Å². The minimum absolute atomic E-state index is 0.115. The molecule has 0 unspecified atom stereocenters. The number of carbonyl (C=O) groups is 1. The Balaban J connectivity index is 1.44. The zero-order valence-corrected chi connectivity index (χ0v) is 18.1. The van der Waals surface area contributed by atoms with Crippen molar-refractivity contribution in [2.75, 3.05) is 6.61 Å². The van der Waals surface area contributed by atoms with Crippen LogP contribution >= 0.6 is 0 Å². The third kappa shape index (κ3) is 5.04. The SMILES string of the molecule is C=CC(=O)Oc1ccc(C#Cc2ccc3c(c2)Cc2cc(OCCCCC)ccc2-3)nn1. The molecule has 0 fully saturated rings. The monoisotopic (exact) mass is 424 g/mol. The number of esters is 1. The summed E-state index contributed by atoms with van der Waals surface area (Å²) >= 11 is 0. The second-order valence-electron chi connectivity index (χ2n) is 7.56. The molecule has 1 aromatic heterocycles. The van der Waals surface area contributed by atoms with Crippen LogP contribution in [0.2, 0.25) is 0 Å². The minimum Gasteiger partial charge on any atom is -0.494 e. The van der Waals surface area contributed by atoms with Gasteiger partial charge in [0.1, 0.15) is 11.4 Å². The van der Waals surface area contributed by atoms with E-state index in [1.54, 1.807) is 12.1 Å². The van der Waals surface area contributed by atoms with Crippen molar-refractivity contribution in [3.8, 4) is 34.6 Å². The summed E-state index contributed by atoms with van der Waals surface area (Å²) in [5, 5.41) is 7.83. The Morgan fingerprint density at radius 1 is 1.03 bits per heavy atom. The number of fused-ring (bicyclic) bond motifs is 3. The van der Waals surface area contributed by atoms with Crippen LogP contribution in [0.15, 0.2) is 61.2 Å². The summed E-state index contributed by atoms with van der Waals surface area (Å²) in [5.74, 6) is 6.62. The first-order chi connectivity index (χ1) is 15.7. The van der Waals surface area contributed by atoms with Gasteiger partial charge in [0.05, 0.1) is 6.61 Å². The molecule has 1 aliphatic rings. The highest BCUT2D eigenvalue weighted by atomic mass is 16.5. The molecule has 1 aliphatic carbocycles. The molecule has 2 aromatic carbocycles. The average molecular weight is 425 g/mol. The molecule has 0 saturated carbocycles. The van der Waals surface area contributed by atoms with E-state index < -0.39 is 5.97 Å². The molecule has 0 radical (unpaired) electrons. The van der Waals surface area contributed by atoms with Gasteiger partial charge in [-0.3, -0.25) is 0 Å². The molecule has 1 heterocycles. The van der Waals surface area contributed by atoms with Crippen molar-refractivity contribution < 1.29 is 14.3 Å². The maximum Gasteiger partial charge on any atom is 0.336 e. The molecule has 0 atom stereocenters. The van der Waals surface area contributed by atoms with Crippen molar-refractivity contribution >= 4 is 5.97 Å². The lowest BCUT2D eigenvalue weighted by atomic mass is 10.0. The summed E-state index contributed by atoms with van der Waals surface area (Å²) in [6.07, 6.45) is 5.41. The number of hydrogen-bond acceptors (Lipinski definition) is 5. The van der Waals surface area contributed by atoms with Crippen LogP contribution in [0.4, 0.5) is 0 Å². The van der Waals surface area contributed by atoms with E-state index in [0.717, 1.165) is 36.8 Å². The van der Waals surface area contributed by atoms with Crippen LogP contribution < -0.4 is 9.47 Å². The summed E-state index contributed by atoms with van der Waals surface area (Å²) in [4.78, 5) is 11.2. The Morgan fingerprint density at radius 3 is 2.59 bits per heavy atom. The van der Waals surface area contributed by atoms with Gasteiger partial charge in [0.15, 0.2) is 0 Å². The number of aromatic nitrogens is 2. The molecule has 0 spiro atoms. The van der Waals surface area contributed by atoms with Gasteiger partial charge in [-0.2, -0.15) is 0 Å². The summed E-state index contributed by atoms with van der Waals surface area (Å²) in [5.41, 5.74) is 6.46. The van der Waals surface area contributed by atoms with Crippen LogP contribution in [0.5, 0.6) is 11.6 Å². The third-order valence-corrected chi connectivity index (χ3v) is 5.22. The molecular weight excluding hydrogens is 400 g/mol. The van der Waals surface area contributed by atoms with E-state index in [1.807, 2.05) is 6.07 Å². The van der Waals surface area contributed by atoms with Gasteiger partial charge in [-0.15, -0.1) is 10.2 Å². The summed E-state index contributed by atoms with van der Waals surface area (Å²) in [6, 6.07) is 15.8. The van der Waals surface area contributed by atoms with E-state index in [9.17, 15) is 4.79 Å². The molecule has 32 heavy (non-hydrogen) atoms. The lowest BCUT2D eigenvalue weighted by Gasteiger charge is -2.08. The Kier molecular flexibility index (Phi) is 6.62. The van der Waals surface area contributed by atoms with Gasteiger partial charge in [-0.05, 0) is 71.3 Å². The van der Waals surface area contributed by atoms with E-state index in [-0.39, 0.29) is 5.88 Å². The highest BCUT2D eigenvalue weighted by Gasteiger charge is 2.19. The average Bonchev–Trinajstić information content (AvgIpc) is 3.18. The first kappa shape index (κ1) is 21.3. The molecular formula is C27H24N2O3. The number of carbonyl (C=O) groups excluding carboxylic acids is 1. The van der Waals surface area contributed by atoms with Crippen molar-refractivity contribution in [2.24, 2.45) is 0 Å². The molecule has 0 amide bonds. The van der Waals surface area contributed by atoms with Crippen molar-refractivity contribution in [3.05, 3.63) is 83.6 Å². The summed E-state index contributed by atoms with van der Waals surface area (Å²) in [7, 11) is 0. The van der Waals surface area contributed by atoms with Crippen molar-refractivity contribution in [1.82, 2.24) is 10.2 Å². The Labute approximate surface area is 188 Å². The van der Waals surface area contributed by atoms with Gasteiger partial charge in [-0.1, -0.05) is 44.4 Å². The van der Waals surface area contributed by atoms with Crippen LogP contribution in [0.25, 0.3) is 11.1 Å². The van der Waals surface area contributed by atoms with Gasteiger partial charge in [-0.25, -0.2) is 4.79 Å². The number of ether oxygens (including phenoxy) is 2. The van der Waals surface area contributed by atoms with E-state index >= 15 is 0 Å². The lowest BCUT2D eigenvalue weighted by Crippen LogP contribution is -2.05. The normalized spacial score (nSPS) is 11.0. The van der Waals surface area contributed by atoms with Gasteiger partial charge in [0.2, 0.25) is 5.88 Å². The molecule has 5 heteroatoms. The number of benzene rings is 2. The van der Waals surface area contributed by atoms with Crippen molar-refractivity contribution in [1.29, 1.82) is 0 Å². The second kappa shape index (κ2) is 9.93. The lowest BCUT2D eigenvalue weighted by molar-refractivity contribution is -0.129. The van der Waals surface area contributed by atoms with Crippen LogP contribution in [0.3, 0.4) is 0 Å². The molecule has 0 N–H and O–H groups in total. The predicted octanol–water partition coefficient (Wildman–Crippen LogP) is 5.11. The van der Waals surface area contributed by atoms with Crippen molar-refractivity contribution in [3.63, 3.8) is 0 Å². The molecule has 3 aromatic rings. The van der Waals surface area contributed by atoms with Crippen LogP contribution in [-0.2, 0) is 11.2 Å². The predicted molar refractivity (Wildman–Crippen MR) is 124 cm³/mol. The van der Waals surface area contributed by atoms with Gasteiger partial charge in [0, 0.05) is 17.7 Å². The summed E-state index contributed by atoms with van der Waals surface area (Å²) < 4.78 is 10.8. The highest BCUT2D eigenvalue weighted by Crippen LogP contribution is 2.38. The zero-order chi connectivity index (χ0) is 22.3. The number of nitrogens with zero attached hydrogens (tertiary/aromatic N) is 2. The smallest absolute Gasteiger partial charge is 0.336 e. The molecule has 0 aliphatic heterocycles. The molecule has 160 valence electrons. The zero-order valence-electron chi connectivity index (χ0n) is 18.1. The first-order valence-electron chi connectivity index (χ1n) is 10.8. The fourth-order valence-electron chi connectivity index (χ4n) is 3.62. The van der Waals surface area contributed by atoms with Crippen LogP contribution in [-0.4, -0.2) is 22.8 Å². The fraction of sp³-hybridized carbons (Fsp3) is 0.222. The molecule has 0 bridgehead atoms. The van der Waals surface area contributed by atoms with Gasteiger partial charge in [0.25, 0.3) is 0 Å². The van der Waals surface area contributed by atoms with Crippen LogP contribution in [0, 0.1) is 11.8 Å². The highest BCUT2D eigenvalue weighted by molar-refractivity contribution is 5.83. The maximum atomic E-state index is 11.2. The number of hydrogen-bond donors (Lipinski definition) is 0. The van der Waals surface area contributed by atoms with Gasteiger partial charge >= 0.3 is 5.97 Å².